The molecule has 19 heavy (non-hydrogen) atoms. The molecule has 1 rings (SSSR count). The molecule has 3 N–H and O–H groups in total. The van der Waals surface area contributed by atoms with Crippen LogP contribution in [-0.4, -0.2) is 12.5 Å². The van der Waals surface area contributed by atoms with Gasteiger partial charge < -0.3 is 11.1 Å². The van der Waals surface area contributed by atoms with E-state index >= 15 is 0 Å². The number of aryl methyl sites for hydroxylation is 1. The average Bonchev–Trinajstić information content (AvgIpc) is 2.30. The molecule has 1 aromatic rings. The molecule has 3 nitrogen and oxygen atoms in total. The van der Waals surface area contributed by atoms with Crippen molar-refractivity contribution in [2.24, 2.45) is 17.1 Å². The molecule has 0 atom stereocenters. The zero-order valence-electron chi connectivity index (χ0n) is 12.7. The molecule has 0 saturated carbocycles. The maximum Gasteiger partial charge on any atom is 0.248 e. The number of nitrogens with two attached hydrogens (primary N) is 1. The van der Waals surface area contributed by atoms with Crippen molar-refractivity contribution in [1.29, 1.82) is 0 Å². The van der Waals surface area contributed by atoms with E-state index in [0.717, 1.165) is 18.7 Å². The van der Waals surface area contributed by atoms with E-state index in [1.54, 1.807) is 6.07 Å². The second-order valence-corrected chi connectivity index (χ2v) is 6.25. The lowest BCUT2D eigenvalue weighted by atomic mass is 9.81. The molecule has 0 aliphatic carbocycles. The van der Waals surface area contributed by atoms with Crippen molar-refractivity contribution in [2.45, 2.75) is 41.2 Å². The number of hydrogen-bond donors (Lipinski definition) is 2. The number of rotatable bonds is 6. The summed E-state index contributed by atoms with van der Waals surface area (Å²) in [5, 5.41) is 3.50. The molecular formula is C16H26N2O. The molecule has 1 amide bonds. The minimum atomic E-state index is -0.372. The summed E-state index contributed by atoms with van der Waals surface area (Å²) in [5.74, 6) is 0.266. The van der Waals surface area contributed by atoms with Gasteiger partial charge in [-0.05, 0) is 41.5 Å². The van der Waals surface area contributed by atoms with Gasteiger partial charge in [0.2, 0.25) is 5.91 Å². The second kappa shape index (κ2) is 6.20. The Bertz CT molecular complexity index is 450. The molecule has 0 bridgehead atoms. The highest BCUT2D eigenvalue weighted by Gasteiger charge is 2.21. The normalized spacial score (nSPS) is 11.9. The lowest BCUT2D eigenvalue weighted by Crippen LogP contribution is -2.33. The van der Waals surface area contributed by atoms with Crippen LogP contribution in [-0.2, 0) is 6.54 Å². The molecule has 3 heteroatoms. The molecule has 0 saturated heterocycles. The van der Waals surface area contributed by atoms with Crippen molar-refractivity contribution in [2.75, 3.05) is 6.54 Å². The number of carbonyl (C=O) groups excluding carboxylic acids is 1. The summed E-state index contributed by atoms with van der Waals surface area (Å²) in [6, 6.07) is 5.62. The topological polar surface area (TPSA) is 55.1 Å². The van der Waals surface area contributed by atoms with Crippen LogP contribution in [0.3, 0.4) is 0 Å². The highest BCUT2D eigenvalue weighted by Crippen LogP contribution is 2.24. The van der Waals surface area contributed by atoms with Crippen LogP contribution in [0.15, 0.2) is 18.2 Å². The van der Waals surface area contributed by atoms with Gasteiger partial charge in [-0.1, -0.05) is 33.8 Å². The number of hydrogen-bond acceptors (Lipinski definition) is 2. The quantitative estimate of drug-likeness (QED) is 0.828. The Morgan fingerprint density at radius 1 is 1.37 bits per heavy atom. The lowest BCUT2D eigenvalue weighted by molar-refractivity contribution is 0.1000. The van der Waals surface area contributed by atoms with Gasteiger partial charge >= 0.3 is 0 Å². The van der Waals surface area contributed by atoms with Crippen LogP contribution in [0.4, 0.5) is 0 Å². The first-order valence-electron chi connectivity index (χ1n) is 6.84. The zero-order chi connectivity index (χ0) is 14.6. The lowest BCUT2D eigenvalue weighted by Gasteiger charge is -2.29. The Hall–Kier alpha value is -1.35. The van der Waals surface area contributed by atoms with E-state index in [1.165, 1.54) is 5.56 Å². The third kappa shape index (κ3) is 4.35. The summed E-state index contributed by atoms with van der Waals surface area (Å²) in [5.41, 5.74) is 8.44. The predicted molar refractivity (Wildman–Crippen MR) is 80.0 cm³/mol. The van der Waals surface area contributed by atoms with Crippen LogP contribution in [0.25, 0.3) is 0 Å². The van der Waals surface area contributed by atoms with Crippen molar-refractivity contribution in [3.8, 4) is 0 Å². The molecule has 106 valence electrons. The van der Waals surface area contributed by atoms with E-state index in [9.17, 15) is 4.79 Å². The summed E-state index contributed by atoms with van der Waals surface area (Å²) < 4.78 is 0. The number of primary amides is 1. The maximum absolute atomic E-state index is 11.1. The van der Waals surface area contributed by atoms with E-state index in [-0.39, 0.29) is 11.3 Å². The third-order valence-electron chi connectivity index (χ3n) is 4.09. The number of benzene rings is 1. The van der Waals surface area contributed by atoms with Crippen molar-refractivity contribution in [3.05, 3.63) is 34.9 Å². The van der Waals surface area contributed by atoms with Crippen molar-refractivity contribution in [1.82, 2.24) is 5.32 Å². The first kappa shape index (κ1) is 15.7. The Balaban J connectivity index is 2.62. The highest BCUT2D eigenvalue weighted by atomic mass is 16.1. The summed E-state index contributed by atoms with van der Waals surface area (Å²) in [6.07, 6.45) is 0. The first-order valence-corrected chi connectivity index (χ1v) is 6.84. The van der Waals surface area contributed by atoms with Crippen LogP contribution in [0.2, 0.25) is 0 Å². The summed E-state index contributed by atoms with van der Waals surface area (Å²) in [6.45, 7) is 12.8. The van der Waals surface area contributed by atoms with E-state index in [0.29, 0.717) is 11.5 Å². The Morgan fingerprint density at radius 2 is 2.00 bits per heavy atom. The molecule has 0 unspecified atom stereocenters. The van der Waals surface area contributed by atoms with Gasteiger partial charge in [0.25, 0.3) is 0 Å². The standard InChI is InChI=1S/C16H26N2O/c1-11(2)16(4,5)10-18-9-14-7-6-13(15(17)19)8-12(14)3/h6-8,11,18H,9-10H2,1-5H3,(H2,17,19). The summed E-state index contributed by atoms with van der Waals surface area (Å²) in [4.78, 5) is 11.1. The van der Waals surface area contributed by atoms with Crippen molar-refractivity contribution in [3.63, 3.8) is 0 Å². The van der Waals surface area contributed by atoms with E-state index < -0.39 is 0 Å². The molecule has 1 aromatic carbocycles. The molecule has 0 radical (unpaired) electrons. The van der Waals surface area contributed by atoms with Crippen LogP contribution in [0.5, 0.6) is 0 Å². The summed E-state index contributed by atoms with van der Waals surface area (Å²) >= 11 is 0. The molecule has 0 aliphatic heterocycles. The fourth-order valence-electron chi connectivity index (χ4n) is 1.77. The zero-order valence-corrected chi connectivity index (χ0v) is 12.7. The third-order valence-corrected chi connectivity index (χ3v) is 4.09. The average molecular weight is 262 g/mol. The van der Waals surface area contributed by atoms with Crippen LogP contribution in [0.1, 0.15) is 49.2 Å². The van der Waals surface area contributed by atoms with E-state index in [4.69, 9.17) is 5.73 Å². The van der Waals surface area contributed by atoms with Crippen LogP contribution >= 0.6 is 0 Å². The smallest absolute Gasteiger partial charge is 0.248 e. The van der Waals surface area contributed by atoms with E-state index in [2.05, 4.69) is 33.0 Å². The molecule has 0 spiro atoms. The molecular weight excluding hydrogens is 236 g/mol. The van der Waals surface area contributed by atoms with Gasteiger partial charge in [0.05, 0.1) is 0 Å². The van der Waals surface area contributed by atoms with Crippen LogP contribution in [0, 0.1) is 18.3 Å². The van der Waals surface area contributed by atoms with Gasteiger partial charge in [-0.25, -0.2) is 0 Å². The Kier molecular flexibility index (Phi) is 5.12. The van der Waals surface area contributed by atoms with Gasteiger partial charge in [0, 0.05) is 18.7 Å². The maximum atomic E-state index is 11.1. The van der Waals surface area contributed by atoms with Crippen LogP contribution < -0.4 is 11.1 Å². The Morgan fingerprint density at radius 3 is 2.47 bits per heavy atom. The minimum Gasteiger partial charge on any atom is -0.366 e. The van der Waals surface area contributed by atoms with Gasteiger partial charge in [0.1, 0.15) is 0 Å². The second-order valence-electron chi connectivity index (χ2n) is 6.25. The minimum absolute atomic E-state index is 0.279. The van der Waals surface area contributed by atoms with Gasteiger partial charge in [-0.15, -0.1) is 0 Å². The SMILES string of the molecule is Cc1cc(C(N)=O)ccc1CNCC(C)(C)C(C)C. The monoisotopic (exact) mass is 262 g/mol. The van der Waals surface area contributed by atoms with Crippen molar-refractivity contribution < 1.29 is 4.79 Å². The highest BCUT2D eigenvalue weighted by molar-refractivity contribution is 5.93. The Labute approximate surface area is 116 Å². The fraction of sp³-hybridized carbons (Fsp3) is 0.562. The molecule has 0 heterocycles. The van der Waals surface area contributed by atoms with Gasteiger partial charge in [-0.2, -0.15) is 0 Å². The largest absolute Gasteiger partial charge is 0.366 e. The van der Waals surface area contributed by atoms with Crippen molar-refractivity contribution >= 4 is 5.91 Å². The molecule has 0 fully saturated rings. The summed E-state index contributed by atoms with van der Waals surface area (Å²) in [7, 11) is 0. The molecule has 0 aromatic heterocycles. The molecule has 0 aliphatic rings. The number of amides is 1. The predicted octanol–water partition coefficient (Wildman–Crippen LogP) is 2.87. The first-order chi connectivity index (χ1) is 8.74. The number of carbonyl (C=O) groups is 1. The van der Waals surface area contributed by atoms with Gasteiger partial charge in [0.15, 0.2) is 0 Å². The van der Waals surface area contributed by atoms with Gasteiger partial charge in [-0.3, -0.25) is 4.79 Å². The van der Waals surface area contributed by atoms with E-state index in [1.807, 2.05) is 19.1 Å². The fourth-order valence-corrected chi connectivity index (χ4v) is 1.77. The number of nitrogens with one attached hydrogen (secondary N) is 1.